The highest BCUT2D eigenvalue weighted by molar-refractivity contribution is 7.22. The average molecular weight is 419 g/mol. The molecule has 0 saturated heterocycles. The lowest BCUT2D eigenvalue weighted by Gasteiger charge is -2.16. The van der Waals surface area contributed by atoms with Crippen LogP contribution in [0.2, 0.25) is 0 Å². The molecular weight excluding hydrogens is 401 g/mol. The highest BCUT2D eigenvalue weighted by Crippen LogP contribution is 2.32. The van der Waals surface area contributed by atoms with E-state index in [0.717, 1.165) is 35.3 Å². The maximum absolute atomic E-state index is 14.7. The van der Waals surface area contributed by atoms with Gasteiger partial charge in [-0.25, -0.2) is 19.3 Å². The Labute approximate surface area is 176 Å². The molecule has 0 spiro atoms. The van der Waals surface area contributed by atoms with Crippen molar-refractivity contribution in [1.82, 2.24) is 20.3 Å². The third kappa shape index (κ3) is 3.87. The number of halogens is 1. The number of rotatable bonds is 5. The lowest BCUT2D eigenvalue weighted by atomic mass is 10.1. The van der Waals surface area contributed by atoms with E-state index in [1.165, 1.54) is 17.4 Å². The second kappa shape index (κ2) is 8.17. The van der Waals surface area contributed by atoms with Crippen LogP contribution in [-0.4, -0.2) is 28.0 Å². The number of hydrogen-bond acceptors (Lipinski definition) is 7. The quantitative estimate of drug-likeness (QED) is 0.467. The van der Waals surface area contributed by atoms with Crippen molar-refractivity contribution in [3.8, 4) is 11.6 Å². The van der Waals surface area contributed by atoms with E-state index in [1.807, 2.05) is 24.3 Å². The Kier molecular flexibility index (Phi) is 5.08. The average Bonchev–Trinajstić information content (AvgIpc) is 3.19. The van der Waals surface area contributed by atoms with Gasteiger partial charge in [0.05, 0.1) is 15.9 Å². The summed E-state index contributed by atoms with van der Waals surface area (Å²) in [5, 5.41) is 6.95. The first-order valence-corrected chi connectivity index (χ1v) is 10.4. The first kappa shape index (κ1) is 18.7. The first-order valence-electron chi connectivity index (χ1n) is 9.57. The molecule has 150 valence electrons. The minimum atomic E-state index is -0.432. The minimum Gasteiger partial charge on any atom is -0.437 e. The summed E-state index contributed by atoms with van der Waals surface area (Å²) in [6.45, 7) is 1.66. The van der Waals surface area contributed by atoms with E-state index in [1.54, 1.807) is 24.5 Å². The number of nitrogens with zero attached hydrogens (tertiary/aromatic N) is 3. The smallest absolute Gasteiger partial charge is 0.245 e. The van der Waals surface area contributed by atoms with E-state index in [4.69, 9.17) is 4.74 Å². The van der Waals surface area contributed by atoms with Crippen LogP contribution in [0.5, 0.6) is 11.6 Å². The van der Waals surface area contributed by atoms with Crippen LogP contribution in [-0.2, 0) is 0 Å². The zero-order chi connectivity index (χ0) is 20.3. The van der Waals surface area contributed by atoms with Crippen LogP contribution < -0.4 is 15.4 Å². The Morgan fingerprint density at radius 3 is 2.83 bits per heavy atom. The summed E-state index contributed by atoms with van der Waals surface area (Å²) in [7, 11) is 0. The second-order valence-electron chi connectivity index (χ2n) is 6.75. The molecule has 30 heavy (non-hydrogen) atoms. The van der Waals surface area contributed by atoms with Gasteiger partial charge in [0.1, 0.15) is 17.3 Å². The van der Waals surface area contributed by atoms with Gasteiger partial charge in [0.25, 0.3) is 0 Å². The van der Waals surface area contributed by atoms with Gasteiger partial charge in [-0.05, 0) is 42.8 Å². The van der Waals surface area contributed by atoms with E-state index in [0.29, 0.717) is 28.1 Å². The zero-order valence-corrected chi connectivity index (χ0v) is 16.7. The van der Waals surface area contributed by atoms with Gasteiger partial charge in [-0.1, -0.05) is 29.5 Å². The zero-order valence-electron chi connectivity index (χ0n) is 15.9. The molecule has 1 aliphatic rings. The van der Waals surface area contributed by atoms with Gasteiger partial charge in [-0.3, -0.25) is 0 Å². The molecule has 2 aromatic heterocycles. The highest BCUT2D eigenvalue weighted by Gasteiger charge is 2.15. The summed E-state index contributed by atoms with van der Waals surface area (Å²) in [4.78, 5) is 13.2. The summed E-state index contributed by atoms with van der Waals surface area (Å²) in [6.07, 6.45) is 6.12. The highest BCUT2D eigenvalue weighted by atomic mass is 32.1. The molecule has 5 rings (SSSR count). The molecule has 0 bridgehead atoms. The number of nitrogens with one attached hydrogen (secondary N) is 2. The fraction of sp³-hybridized carbons (Fsp3) is 0.136. The molecule has 0 saturated carbocycles. The van der Waals surface area contributed by atoms with Crippen molar-refractivity contribution >= 4 is 37.9 Å². The molecule has 2 aromatic carbocycles. The van der Waals surface area contributed by atoms with Crippen molar-refractivity contribution in [2.24, 2.45) is 0 Å². The molecule has 2 N–H and O–H groups in total. The van der Waals surface area contributed by atoms with E-state index in [-0.39, 0.29) is 0 Å². The second-order valence-corrected chi connectivity index (χ2v) is 7.78. The van der Waals surface area contributed by atoms with E-state index < -0.39 is 5.82 Å². The molecule has 0 aliphatic carbocycles. The van der Waals surface area contributed by atoms with Crippen LogP contribution in [0.25, 0.3) is 15.8 Å². The van der Waals surface area contributed by atoms with Crippen molar-refractivity contribution in [3.63, 3.8) is 0 Å². The molecule has 0 fully saturated rings. The Morgan fingerprint density at radius 1 is 1.10 bits per heavy atom. The van der Waals surface area contributed by atoms with Crippen LogP contribution in [0, 0.1) is 5.82 Å². The van der Waals surface area contributed by atoms with Crippen molar-refractivity contribution in [3.05, 3.63) is 72.4 Å². The van der Waals surface area contributed by atoms with Gasteiger partial charge < -0.3 is 15.4 Å². The van der Waals surface area contributed by atoms with Crippen molar-refractivity contribution in [2.45, 2.75) is 6.42 Å². The summed E-state index contributed by atoms with van der Waals surface area (Å²) in [5.74, 6) is 0.300. The molecule has 3 heterocycles. The van der Waals surface area contributed by atoms with Gasteiger partial charge in [0.2, 0.25) is 5.88 Å². The SMILES string of the molecule is Fc1cc(Oc2nccnc2C2=CCNCC2)ccc1Nc1nc2ccccc2s1. The van der Waals surface area contributed by atoms with Gasteiger partial charge in [0, 0.05) is 25.0 Å². The summed E-state index contributed by atoms with van der Waals surface area (Å²) in [5.41, 5.74) is 2.98. The van der Waals surface area contributed by atoms with E-state index in [2.05, 4.69) is 31.7 Å². The van der Waals surface area contributed by atoms with Crippen molar-refractivity contribution in [2.75, 3.05) is 18.4 Å². The molecule has 8 heteroatoms. The van der Waals surface area contributed by atoms with E-state index >= 15 is 0 Å². The summed E-state index contributed by atoms with van der Waals surface area (Å²) < 4.78 is 21.7. The molecule has 1 aliphatic heterocycles. The number of hydrogen-bond donors (Lipinski definition) is 2. The van der Waals surface area contributed by atoms with Gasteiger partial charge in [-0.15, -0.1) is 0 Å². The van der Waals surface area contributed by atoms with Crippen LogP contribution >= 0.6 is 11.3 Å². The standard InChI is InChI=1S/C22H18FN5OS/c23-16-13-15(29-21-20(25-11-12-26-21)14-7-9-24-10-8-14)5-6-17(16)27-22-28-18-3-1-2-4-19(18)30-22/h1-7,11-13,24H,8-10H2,(H,27,28). The normalized spacial score (nSPS) is 13.8. The molecule has 4 aromatic rings. The molecule has 6 nitrogen and oxygen atoms in total. The third-order valence-corrected chi connectivity index (χ3v) is 5.68. The molecular formula is C22H18FN5OS. The largest absolute Gasteiger partial charge is 0.437 e. The third-order valence-electron chi connectivity index (χ3n) is 4.72. The Bertz CT molecular complexity index is 1210. The van der Waals surface area contributed by atoms with Gasteiger partial charge >= 0.3 is 0 Å². The van der Waals surface area contributed by atoms with Crippen LogP contribution in [0.4, 0.5) is 15.2 Å². The maximum Gasteiger partial charge on any atom is 0.245 e. The molecule has 0 amide bonds. The number of thiazole rings is 1. The number of benzene rings is 2. The molecule has 0 atom stereocenters. The Hall–Kier alpha value is -3.36. The Balaban J connectivity index is 1.37. The van der Waals surface area contributed by atoms with Gasteiger partial charge in [0.15, 0.2) is 5.13 Å². The predicted octanol–water partition coefficient (Wildman–Crippen LogP) is 5.14. The number of anilines is 2. The van der Waals surface area contributed by atoms with Crippen LogP contribution in [0.3, 0.4) is 0 Å². The number of ether oxygens (including phenoxy) is 1. The number of aromatic nitrogens is 3. The van der Waals surface area contributed by atoms with E-state index in [9.17, 15) is 4.39 Å². The topological polar surface area (TPSA) is 72.0 Å². The first-order chi connectivity index (χ1) is 14.8. The van der Waals surface area contributed by atoms with Gasteiger partial charge in [-0.2, -0.15) is 0 Å². The minimum absolute atomic E-state index is 0.335. The van der Waals surface area contributed by atoms with Crippen molar-refractivity contribution < 1.29 is 9.13 Å². The lowest BCUT2D eigenvalue weighted by Crippen LogP contribution is -2.20. The maximum atomic E-state index is 14.7. The predicted molar refractivity (Wildman–Crippen MR) is 117 cm³/mol. The Morgan fingerprint density at radius 2 is 2.00 bits per heavy atom. The van der Waals surface area contributed by atoms with Crippen LogP contribution in [0.15, 0.2) is 60.9 Å². The monoisotopic (exact) mass is 419 g/mol. The summed E-state index contributed by atoms with van der Waals surface area (Å²) >= 11 is 1.48. The fourth-order valence-electron chi connectivity index (χ4n) is 3.27. The lowest BCUT2D eigenvalue weighted by molar-refractivity contribution is 0.453. The fourth-order valence-corrected chi connectivity index (χ4v) is 4.15. The van der Waals surface area contributed by atoms with Crippen molar-refractivity contribution in [1.29, 1.82) is 0 Å². The summed E-state index contributed by atoms with van der Waals surface area (Å²) in [6, 6.07) is 12.5. The molecule has 0 unspecified atom stereocenters. The van der Waals surface area contributed by atoms with Crippen LogP contribution in [0.1, 0.15) is 12.1 Å². The molecule has 0 radical (unpaired) electrons. The number of fused-ring (bicyclic) bond motifs is 1. The number of para-hydroxylation sites is 1.